The Bertz CT molecular complexity index is 594. The summed E-state index contributed by atoms with van der Waals surface area (Å²) < 4.78 is 5.84. The van der Waals surface area contributed by atoms with Crippen molar-refractivity contribution in [2.75, 3.05) is 20.6 Å². The summed E-state index contributed by atoms with van der Waals surface area (Å²) >= 11 is 12.3. The van der Waals surface area contributed by atoms with E-state index in [0.717, 1.165) is 30.7 Å². The molecule has 0 atom stereocenters. The fourth-order valence-electron chi connectivity index (χ4n) is 2.22. The highest BCUT2D eigenvalue weighted by atomic mass is 35.5. The molecule has 0 bridgehead atoms. The Morgan fingerprint density at radius 2 is 1.68 bits per heavy atom. The average Bonchev–Trinajstić information content (AvgIpc) is 2.47. The lowest BCUT2D eigenvalue weighted by atomic mass is 10.1. The van der Waals surface area contributed by atoms with E-state index in [2.05, 4.69) is 31.1 Å². The van der Waals surface area contributed by atoms with Crippen molar-refractivity contribution in [2.45, 2.75) is 19.4 Å². The molecule has 0 heterocycles. The topological polar surface area (TPSA) is 12.5 Å². The maximum Gasteiger partial charge on any atom is 0.120 e. The number of hydrogen-bond donors (Lipinski definition) is 0. The monoisotopic (exact) mass is 337 g/mol. The first kappa shape index (κ1) is 17.1. The standard InChI is InChI=1S/C18H21Cl2NO/c1-21(2)11-5-7-14-6-3-8-15(12-14)22-13-16-17(19)9-4-10-18(16)20/h3-4,6,8-10,12H,5,7,11,13H2,1-2H3. The third-order valence-electron chi connectivity index (χ3n) is 3.41. The van der Waals surface area contributed by atoms with Gasteiger partial charge in [0.05, 0.1) is 0 Å². The zero-order valence-electron chi connectivity index (χ0n) is 13.0. The molecule has 0 unspecified atom stereocenters. The number of ether oxygens (including phenoxy) is 1. The normalized spacial score (nSPS) is 11.0. The van der Waals surface area contributed by atoms with E-state index in [9.17, 15) is 0 Å². The molecule has 0 radical (unpaired) electrons. The molecule has 0 spiro atoms. The zero-order valence-corrected chi connectivity index (χ0v) is 14.5. The minimum absolute atomic E-state index is 0.375. The number of rotatable bonds is 7. The van der Waals surface area contributed by atoms with Crippen LogP contribution in [0.25, 0.3) is 0 Å². The first-order valence-electron chi connectivity index (χ1n) is 7.35. The fourth-order valence-corrected chi connectivity index (χ4v) is 2.72. The number of benzene rings is 2. The van der Waals surface area contributed by atoms with Gasteiger partial charge in [0.2, 0.25) is 0 Å². The molecule has 0 aliphatic carbocycles. The average molecular weight is 338 g/mol. The molecular weight excluding hydrogens is 317 g/mol. The van der Waals surface area contributed by atoms with Crippen LogP contribution < -0.4 is 4.74 Å². The van der Waals surface area contributed by atoms with Crippen molar-refractivity contribution in [1.29, 1.82) is 0 Å². The molecular formula is C18H21Cl2NO. The second-order valence-electron chi connectivity index (χ2n) is 5.54. The minimum Gasteiger partial charge on any atom is -0.489 e. The summed E-state index contributed by atoms with van der Waals surface area (Å²) in [5.41, 5.74) is 2.11. The zero-order chi connectivity index (χ0) is 15.9. The summed E-state index contributed by atoms with van der Waals surface area (Å²) in [5, 5.41) is 1.27. The molecule has 0 saturated heterocycles. The Kier molecular flexibility index (Phi) is 6.56. The van der Waals surface area contributed by atoms with E-state index in [1.54, 1.807) is 0 Å². The van der Waals surface area contributed by atoms with Crippen LogP contribution in [-0.4, -0.2) is 25.5 Å². The van der Waals surface area contributed by atoms with Crippen LogP contribution in [0.15, 0.2) is 42.5 Å². The van der Waals surface area contributed by atoms with Crippen LogP contribution in [0.4, 0.5) is 0 Å². The molecule has 0 N–H and O–H groups in total. The van der Waals surface area contributed by atoms with Crippen LogP contribution in [0.3, 0.4) is 0 Å². The van der Waals surface area contributed by atoms with E-state index in [1.807, 2.05) is 30.3 Å². The van der Waals surface area contributed by atoms with Crippen molar-refractivity contribution < 1.29 is 4.74 Å². The molecule has 0 aromatic heterocycles. The van der Waals surface area contributed by atoms with Crippen molar-refractivity contribution in [1.82, 2.24) is 4.90 Å². The molecule has 2 nitrogen and oxygen atoms in total. The highest BCUT2D eigenvalue weighted by Crippen LogP contribution is 2.26. The van der Waals surface area contributed by atoms with Gasteiger partial charge in [-0.05, 0) is 63.3 Å². The second-order valence-corrected chi connectivity index (χ2v) is 6.36. The highest BCUT2D eigenvalue weighted by Gasteiger charge is 2.06. The van der Waals surface area contributed by atoms with Crippen LogP contribution >= 0.6 is 23.2 Å². The second kappa shape index (κ2) is 8.42. The molecule has 0 fully saturated rings. The summed E-state index contributed by atoms with van der Waals surface area (Å²) in [6.07, 6.45) is 2.18. The van der Waals surface area contributed by atoms with Gasteiger partial charge in [0.15, 0.2) is 0 Å². The molecule has 4 heteroatoms. The first-order chi connectivity index (χ1) is 10.6. The number of nitrogens with zero attached hydrogens (tertiary/aromatic N) is 1. The van der Waals surface area contributed by atoms with E-state index in [1.165, 1.54) is 5.56 Å². The summed E-state index contributed by atoms with van der Waals surface area (Å²) in [4.78, 5) is 2.19. The van der Waals surface area contributed by atoms with E-state index in [0.29, 0.717) is 16.7 Å². The van der Waals surface area contributed by atoms with Crippen LogP contribution in [0.1, 0.15) is 17.5 Å². The van der Waals surface area contributed by atoms with Crippen molar-refractivity contribution >= 4 is 23.2 Å². The Balaban J connectivity index is 1.96. The van der Waals surface area contributed by atoms with Gasteiger partial charge in [-0.3, -0.25) is 0 Å². The number of halogens is 2. The molecule has 2 aromatic carbocycles. The van der Waals surface area contributed by atoms with E-state index in [4.69, 9.17) is 27.9 Å². The smallest absolute Gasteiger partial charge is 0.120 e. The van der Waals surface area contributed by atoms with E-state index >= 15 is 0 Å². The van der Waals surface area contributed by atoms with Crippen LogP contribution in [0.5, 0.6) is 5.75 Å². The van der Waals surface area contributed by atoms with Gasteiger partial charge in [-0.15, -0.1) is 0 Å². The van der Waals surface area contributed by atoms with E-state index in [-0.39, 0.29) is 0 Å². The Morgan fingerprint density at radius 1 is 1.00 bits per heavy atom. The molecule has 0 aliphatic heterocycles. The van der Waals surface area contributed by atoms with Gasteiger partial charge in [0.1, 0.15) is 12.4 Å². The van der Waals surface area contributed by atoms with E-state index < -0.39 is 0 Å². The Labute approximate surface area is 142 Å². The van der Waals surface area contributed by atoms with Crippen LogP contribution in [0.2, 0.25) is 10.0 Å². The van der Waals surface area contributed by atoms with Crippen molar-refractivity contribution in [2.24, 2.45) is 0 Å². The maximum absolute atomic E-state index is 6.16. The van der Waals surface area contributed by atoms with Crippen molar-refractivity contribution in [3.05, 3.63) is 63.6 Å². The lowest BCUT2D eigenvalue weighted by Gasteiger charge is -2.11. The molecule has 22 heavy (non-hydrogen) atoms. The summed E-state index contributed by atoms with van der Waals surface area (Å²) in [6.45, 7) is 1.46. The molecule has 118 valence electrons. The van der Waals surface area contributed by atoms with Gasteiger partial charge in [-0.1, -0.05) is 41.4 Å². The molecule has 0 aliphatic rings. The maximum atomic E-state index is 6.16. The quantitative estimate of drug-likeness (QED) is 0.699. The minimum atomic E-state index is 0.375. The Morgan fingerprint density at radius 3 is 2.36 bits per heavy atom. The van der Waals surface area contributed by atoms with Gasteiger partial charge >= 0.3 is 0 Å². The van der Waals surface area contributed by atoms with Crippen molar-refractivity contribution in [3.8, 4) is 5.75 Å². The molecule has 0 amide bonds. The summed E-state index contributed by atoms with van der Waals surface area (Å²) in [5.74, 6) is 0.846. The van der Waals surface area contributed by atoms with Crippen LogP contribution in [0, 0.1) is 0 Å². The predicted molar refractivity (Wildman–Crippen MR) is 94.1 cm³/mol. The number of hydrogen-bond acceptors (Lipinski definition) is 2. The lowest BCUT2D eigenvalue weighted by Crippen LogP contribution is -2.13. The predicted octanol–water partition coefficient (Wildman–Crippen LogP) is 5.07. The summed E-state index contributed by atoms with van der Waals surface area (Å²) in [7, 11) is 4.18. The SMILES string of the molecule is CN(C)CCCc1cccc(OCc2c(Cl)cccc2Cl)c1. The van der Waals surface area contributed by atoms with Crippen LogP contribution in [-0.2, 0) is 13.0 Å². The number of aryl methyl sites for hydroxylation is 1. The molecule has 2 aromatic rings. The van der Waals surface area contributed by atoms with Gasteiger partial charge in [0, 0.05) is 15.6 Å². The van der Waals surface area contributed by atoms with Gasteiger partial charge in [0.25, 0.3) is 0 Å². The molecule has 2 rings (SSSR count). The third kappa shape index (κ3) is 5.20. The fraction of sp³-hybridized carbons (Fsp3) is 0.333. The third-order valence-corrected chi connectivity index (χ3v) is 4.12. The van der Waals surface area contributed by atoms with Crippen molar-refractivity contribution in [3.63, 3.8) is 0 Å². The molecule has 0 saturated carbocycles. The Hall–Kier alpha value is -1.22. The largest absolute Gasteiger partial charge is 0.489 e. The van der Waals surface area contributed by atoms with Gasteiger partial charge in [-0.25, -0.2) is 0 Å². The highest BCUT2D eigenvalue weighted by molar-refractivity contribution is 6.35. The lowest BCUT2D eigenvalue weighted by molar-refractivity contribution is 0.306. The van der Waals surface area contributed by atoms with Gasteiger partial charge < -0.3 is 9.64 Å². The first-order valence-corrected chi connectivity index (χ1v) is 8.11. The van der Waals surface area contributed by atoms with Gasteiger partial charge in [-0.2, -0.15) is 0 Å². The summed E-state index contributed by atoms with van der Waals surface area (Å²) in [6, 6.07) is 13.7.